The largest absolute Gasteiger partial charge is 0.384 e. The van der Waals surface area contributed by atoms with Crippen molar-refractivity contribution in [1.82, 2.24) is 4.98 Å². The molecule has 17 heavy (non-hydrogen) atoms. The van der Waals surface area contributed by atoms with Gasteiger partial charge in [0, 0.05) is 17.3 Å². The van der Waals surface area contributed by atoms with Crippen LogP contribution in [0.4, 0.5) is 5.82 Å². The Labute approximate surface area is 99.3 Å². The second-order valence-corrected chi connectivity index (χ2v) is 3.87. The first-order valence-electron chi connectivity index (χ1n) is 5.20. The van der Waals surface area contributed by atoms with Crippen molar-refractivity contribution in [1.29, 1.82) is 0 Å². The summed E-state index contributed by atoms with van der Waals surface area (Å²) in [4.78, 5) is 15.0. The van der Waals surface area contributed by atoms with Gasteiger partial charge in [-0.25, -0.2) is 4.98 Å². The molecule has 2 rings (SSSR count). The zero-order chi connectivity index (χ0) is 12.4. The van der Waals surface area contributed by atoms with Crippen molar-refractivity contribution < 1.29 is 4.79 Å². The third-order valence-electron chi connectivity index (χ3n) is 2.61. The van der Waals surface area contributed by atoms with Crippen molar-refractivity contribution in [2.75, 3.05) is 5.73 Å². The number of aromatic nitrogens is 1. The van der Waals surface area contributed by atoms with E-state index in [0.717, 1.165) is 16.7 Å². The number of nitrogens with zero attached hydrogens (tertiary/aromatic N) is 1. The standard InChI is InChI=1S/C13H13N3O/c1-8-6-12(14)16-7-11(8)9-2-4-10(5-3-9)13(15)17/h2-7H,1H3,(H2,14,16)(H2,15,17). The summed E-state index contributed by atoms with van der Waals surface area (Å²) in [6, 6.07) is 8.92. The van der Waals surface area contributed by atoms with Gasteiger partial charge in [-0.2, -0.15) is 0 Å². The monoisotopic (exact) mass is 227 g/mol. The fourth-order valence-corrected chi connectivity index (χ4v) is 1.69. The van der Waals surface area contributed by atoms with Crippen LogP contribution in [0, 0.1) is 6.92 Å². The van der Waals surface area contributed by atoms with E-state index in [0.29, 0.717) is 11.4 Å². The number of nitrogens with two attached hydrogens (primary N) is 2. The van der Waals surface area contributed by atoms with Crippen LogP contribution in [0.15, 0.2) is 36.5 Å². The highest BCUT2D eigenvalue weighted by Crippen LogP contribution is 2.23. The van der Waals surface area contributed by atoms with Crippen molar-refractivity contribution in [2.24, 2.45) is 5.73 Å². The molecule has 1 heterocycles. The molecule has 4 N–H and O–H groups in total. The summed E-state index contributed by atoms with van der Waals surface area (Å²) in [6.07, 6.45) is 1.73. The molecule has 0 saturated heterocycles. The third kappa shape index (κ3) is 2.25. The van der Waals surface area contributed by atoms with E-state index in [9.17, 15) is 4.79 Å². The van der Waals surface area contributed by atoms with E-state index in [1.807, 2.05) is 25.1 Å². The molecule has 0 aliphatic heterocycles. The molecule has 0 aliphatic carbocycles. The van der Waals surface area contributed by atoms with Crippen LogP contribution >= 0.6 is 0 Å². The Morgan fingerprint density at radius 2 is 1.88 bits per heavy atom. The number of pyridine rings is 1. The third-order valence-corrected chi connectivity index (χ3v) is 2.61. The highest BCUT2D eigenvalue weighted by atomic mass is 16.1. The number of hydrogen-bond donors (Lipinski definition) is 2. The van der Waals surface area contributed by atoms with Crippen LogP contribution in [0.5, 0.6) is 0 Å². The predicted octanol–water partition coefficient (Wildman–Crippen LogP) is 1.74. The number of benzene rings is 1. The molecule has 0 aliphatic rings. The number of aryl methyl sites for hydroxylation is 1. The maximum absolute atomic E-state index is 11.0. The Hall–Kier alpha value is -2.36. The van der Waals surface area contributed by atoms with Crippen molar-refractivity contribution in [3.63, 3.8) is 0 Å². The minimum Gasteiger partial charge on any atom is -0.384 e. The molecule has 0 fully saturated rings. The van der Waals surface area contributed by atoms with Crippen LogP contribution < -0.4 is 11.5 Å². The summed E-state index contributed by atoms with van der Waals surface area (Å²) in [5, 5.41) is 0. The quantitative estimate of drug-likeness (QED) is 0.819. The number of carbonyl (C=O) groups excluding carboxylic acids is 1. The summed E-state index contributed by atoms with van der Waals surface area (Å²) in [7, 11) is 0. The van der Waals surface area contributed by atoms with Crippen LogP contribution in [0.2, 0.25) is 0 Å². The average Bonchev–Trinajstić information content (AvgIpc) is 2.29. The highest BCUT2D eigenvalue weighted by Gasteiger charge is 2.04. The lowest BCUT2D eigenvalue weighted by atomic mass is 10.0. The fourth-order valence-electron chi connectivity index (χ4n) is 1.69. The molecule has 0 atom stereocenters. The maximum Gasteiger partial charge on any atom is 0.248 e. The van der Waals surface area contributed by atoms with E-state index in [-0.39, 0.29) is 0 Å². The van der Waals surface area contributed by atoms with E-state index < -0.39 is 5.91 Å². The van der Waals surface area contributed by atoms with Gasteiger partial charge in [0.15, 0.2) is 0 Å². The van der Waals surface area contributed by atoms with E-state index in [1.165, 1.54) is 0 Å². The molecule has 1 amide bonds. The van der Waals surface area contributed by atoms with Crippen molar-refractivity contribution in [2.45, 2.75) is 6.92 Å². The van der Waals surface area contributed by atoms with E-state index in [1.54, 1.807) is 18.3 Å². The molecule has 86 valence electrons. The minimum absolute atomic E-state index is 0.427. The molecule has 1 aromatic carbocycles. The molecular formula is C13H13N3O. The lowest BCUT2D eigenvalue weighted by molar-refractivity contribution is 0.100. The first-order chi connectivity index (χ1) is 8.08. The first-order valence-corrected chi connectivity index (χ1v) is 5.20. The Morgan fingerprint density at radius 3 is 2.41 bits per heavy atom. The van der Waals surface area contributed by atoms with Crippen molar-refractivity contribution in [3.05, 3.63) is 47.7 Å². The Bertz CT molecular complexity index is 561. The number of amides is 1. The van der Waals surface area contributed by atoms with Crippen LogP contribution in [0.1, 0.15) is 15.9 Å². The van der Waals surface area contributed by atoms with Gasteiger partial charge < -0.3 is 11.5 Å². The smallest absolute Gasteiger partial charge is 0.248 e. The van der Waals surface area contributed by atoms with Crippen LogP contribution in [-0.4, -0.2) is 10.9 Å². The molecule has 0 bridgehead atoms. The highest BCUT2D eigenvalue weighted by molar-refractivity contribution is 5.93. The van der Waals surface area contributed by atoms with Gasteiger partial charge in [-0.05, 0) is 36.2 Å². The van der Waals surface area contributed by atoms with Gasteiger partial charge in [-0.1, -0.05) is 12.1 Å². The molecule has 1 aromatic heterocycles. The fraction of sp³-hybridized carbons (Fsp3) is 0.0769. The Balaban J connectivity index is 2.43. The molecule has 0 radical (unpaired) electrons. The van der Waals surface area contributed by atoms with Crippen LogP contribution in [0.25, 0.3) is 11.1 Å². The van der Waals surface area contributed by atoms with Gasteiger partial charge in [-0.15, -0.1) is 0 Å². The topological polar surface area (TPSA) is 82.0 Å². The number of nitrogen functional groups attached to an aromatic ring is 1. The zero-order valence-corrected chi connectivity index (χ0v) is 9.47. The molecule has 0 unspecified atom stereocenters. The summed E-state index contributed by atoms with van der Waals surface area (Å²) >= 11 is 0. The zero-order valence-electron chi connectivity index (χ0n) is 9.47. The van der Waals surface area contributed by atoms with E-state index >= 15 is 0 Å². The van der Waals surface area contributed by atoms with Gasteiger partial charge in [0.25, 0.3) is 0 Å². The van der Waals surface area contributed by atoms with Crippen LogP contribution in [-0.2, 0) is 0 Å². The van der Waals surface area contributed by atoms with E-state index in [4.69, 9.17) is 11.5 Å². The lowest BCUT2D eigenvalue weighted by Gasteiger charge is -2.06. The first kappa shape index (κ1) is 11.1. The van der Waals surface area contributed by atoms with Crippen molar-refractivity contribution in [3.8, 4) is 11.1 Å². The number of primary amides is 1. The molecule has 4 nitrogen and oxygen atoms in total. The molecule has 4 heteroatoms. The summed E-state index contributed by atoms with van der Waals surface area (Å²) in [5.74, 6) is 0.0729. The molecule has 0 spiro atoms. The lowest BCUT2D eigenvalue weighted by Crippen LogP contribution is -2.10. The van der Waals surface area contributed by atoms with Gasteiger partial charge in [0.2, 0.25) is 5.91 Å². The Kier molecular flexibility index (Phi) is 2.78. The number of carbonyl (C=O) groups is 1. The van der Waals surface area contributed by atoms with Gasteiger partial charge in [-0.3, -0.25) is 4.79 Å². The second kappa shape index (κ2) is 4.25. The predicted molar refractivity (Wildman–Crippen MR) is 67.3 cm³/mol. The molecule has 0 saturated carbocycles. The van der Waals surface area contributed by atoms with Gasteiger partial charge >= 0.3 is 0 Å². The van der Waals surface area contributed by atoms with E-state index in [2.05, 4.69) is 4.98 Å². The second-order valence-electron chi connectivity index (χ2n) is 3.87. The molecule has 2 aromatic rings. The number of hydrogen-bond acceptors (Lipinski definition) is 3. The molecular weight excluding hydrogens is 214 g/mol. The minimum atomic E-state index is -0.427. The number of anilines is 1. The summed E-state index contributed by atoms with van der Waals surface area (Å²) in [5.41, 5.74) is 14.3. The SMILES string of the molecule is Cc1cc(N)ncc1-c1ccc(C(N)=O)cc1. The van der Waals surface area contributed by atoms with Crippen molar-refractivity contribution >= 4 is 11.7 Å². The normalized spacial score (nSPS) is 10.2. The summed E-state index contributed by atoms with van der Waals surface area (Å²) < 4.78 is 0. The Morgan fingerprint density at radius 1 is 1.24 bits per heavy atom. The maximum atomic E-state index is 11.0. The van der Waals surface area contributed by atoms with Crippen LogP contribution in [0.3, 0.4) is 0 Å². The average molecular weight is 227 g/mol. The van der Waals surface area contributed by atoms with Gasteiger partial charge in [0.05, 0.1) is 0 Å². The summed E-state index contributed by atoms with van der Waals surface area (Å²) in [6.45, 7) is 1.97. The van der Waals surface area contributed by atoms with Gasteiger partial charge in [0.1, 0.15) is 5.82 Å². The number of rotatable bonds is 2.